The number of esters is 1. The van der Waals surface area contributed by atoms with Crippen molar-refractivity contribution in [1.82, 2.24) is 4.90 Å². The van der Waals surface area contributed by atoms with Crippen LogP contribution in [0.1, 0.15) is 37.9 Å². The minimum atomic E-state index is -0.530. The summed E-state index contributed by atoms with van der Waals surface area (Å²) < 4.78 is 21.7. The van der Waals surface area contributed by atoms with Crippen LogP contribution in [0.25, 0.3) is 0 Å². The number of non-ortho nitro benzene ring substituents is 1. The van der Waals surface area contributed by atoms with Gasteiger partial charge in [0.25, 0.3) is 11.6 Å². The standard InChI is InChI=1S/C27H26N2O8/c1-34-24-14-18-11-12-28(26(30)19-5-4-6-20(13-19)29(32)33)23(22(18)15-25(24)35-2)16-37-21-9-7-17(8-10-21)27(31)36-3/h4-10,13-15,23H,11-12,16H2,1-3H3. The highest BCUT2D eigenvalue weighted by molar-refractivity contribution is 5.95. The quantitative estimate of drug-likeness (QED) is 0.253. The van der Waals surface area contributed by atoms with Crippen molar-refractivity contribution in [3.05, 3.63) is 93.0 Å². The van der Waals surface area contributed by atoms with Crippen LogP contribution in [0, 0.1) is 10.1 Å². The zero-order valence-electron chi connectivity index (χ0n) is 20.6. The smallest absolute Gasteiger partial charge is 0.337 e. The Morgan fingerprint density at radius 2 is 1.68 bits per heavy atom. The van der Waals surface area contributed by atoms with Gasteiger partial charge >= 0.3 is 5.97 Å². The third-order valence-electron chi connectivity index (χ3n) is 6.25. The third-order valence-corrected chi connectivity index (χ3v) is 6.25. The molecule has 192 valence electrons. The van der Waals surface area contributed by atoms with E-state index in [4.69, 9.17) is 18.9 Å². The van der Waals surface area contributed by atoms with Crippen molar-refractivity contribution in [2.24, 2.45) is 0 Å². The first-order chi connectivity index (χ1) is 17.9. The molecule has 0 aliphatic carbocycles. The summed E-state index contributed by atoms with van der Waals surface area (Å²) >= 11 is 0. The van der Waals surface area contributed by atoms with Crippen LogP contribution in [0.5, 0.6) is 17.2 Å². The first kappa shape index (κ1) is 25.5. The molecule has 0 saturated carbocycles. The summed E-state index contributed by atoms with van der Waals surface area (Å²) in [6.07, 6.45) is 0.556. The fraction of sp³-hybridized carbons (Fsp3) is 0.259. The number of ether oxygens (including phenoxy) is 4. The number of carbonyl (C=O) groups is 2. The number of hydrogen-bond acceptors (Lipinski definition) is 8. The lowest BCUT2D eigenvalue weighted by atomic mass is 9.91. The SMILES string of the molecule is COC(=O)c1ccc(OCC2c3cc(OC)c(OC)cc3CCN2C(=O)c2cccc([N+](=O)[O-])c2)cc1. The van der Waals surface area contributed by atoms with E-state index in [1.165, 1.54) is 32.4 Å². The average Bonchev–Trinajstić information content (AvgIpc) is 2.94. The molecule has 4 rings (SSSR count). The maximum absolute atomic E-state index is 13.6. The molecule has 37 heavy (non-hydrogen) atoms. The van der Waals surface area contributed by atoms with E-state index in [1.807, 2.05) is 12.1 Å². The highest BCUT2D eigenvalue weighted by Gasteiger charge is 2.34. The van der Waals surface area contributed by atoms with Crippen LogP contribution in [0.3, 0.4) is 0 Å². The van der Waals surface area contributed by atoms with Gasteiger partial charge in [0.2, 0.25) is 0 Å². The Hall–Kier alpha value is -4.60. The Labute approximate surface area is 213 Å². The zero-order valence-corrected chi connectivity index (χ0v) is 20.6. The molecule has 1 aliphatic heterocycles. The Balaban J connectivity index is 1.68. The molecule has 1 atom stereocenters. The van der Waals surface area contributed by atoms with Gasteiger partial charge in [-0.3, -0.25) is 14.9 Å². The summed E-state index contributed by atoms with van der Waals surface area (Å²) in [5, 5.41) is 11.3. The van der Waals surface area contributed by atoms with Crippen molar-refractivity contribution in [3.63, 3.8) is 0 Å². The molecule has 0 fully saturated rings. The van der Waals surface area contributed by atoms with Crippen LogP contribution < -0.4 is 14.2 Å². The van der Waals surface area contributed by atoms with Crippen molar-refractivity contribution in [2.45, 2.75) is 12.5 Å². The second-order valence-corrected chi connectivity index (χ2v) is 8.30. The molecule has 0 aromatic heterocycles. The van der Waals surface area contributed by atoms with E-state index in [-0.39, 0.29) is 23.8 Å². The first-order valence-corrected chi connectivity index (χ1v) is 11.5. The zero-order chi connectivity index (χ0) is 26.5. The molecule has 1 heterocycles. The molecule has 1 amide bonds. The molecule has 10 heteroatoms. The topological polar surface area (TPSA) is 117 Å². The molecule has 1 aliphatic rings. The van der Waals surface area contributed by atoms with E-state index in [0.29, 0.717) is 35.8 Å². The fourth-order valence-electron chi connectivity index (χ4n) is 4.35. The van der Waals surface area contributed by atoms with Crippen LogP contribution in [0.15, 0.2) is 60.7 Å². The normalized spacial score (nSPS) is 14.4. The van der Waals surface area contributed by atoms with Crippen molar-refractivity contribution in [3.8, 4) is 17.2 Å². The summed E-state index contributed by atoms with van der Waals surface area (Å²) in [5.74, 6) is 0.792. The van der Waals surface area contributed by atoms with E-state index in [0.717, 1.165) is 11.1 Å². The van der Waals surface area contributed by atoms with Crippen molar-refractivity contribution < 1.29 is 33.5 Å². The summed E-state index contributed by atoms with van der Waals surface area (Å²) in [6.45, 7) is 0.472. The second-order valence-electron chi connectivity index (χ2n) is 8.30. The van der Waals surface area contributed by atoms with Crippen molar-refractivity contribution >= 4 is 17.6 Å². The lowest BCUT2D eigenvalue weighted by molar-refractivity contribution is -0.384. The van der Waals surface area contributed by atoms with Gasteiger partial charge in [-0.2, -0.15) is 0 Å². The summed E-state index contributed by atoms with van der Waals surface area (Å²) in [7, 11) is 4.40. The summed E-state index contributed by atoms with van der Waals surface area (Å²) in [5.41, 5.74) is 2.25. The van der Waals surface area contributed by atoms with Gasteiger partial charge in [-0.25, -0.2) is 4.79 Å². The predicted molar refractivity (Wildman–Crippen MR) is 133 cm³/mol. The Bertz CT molecular complexity index is 1320. The van der Waals surface area contributed by atoms with Gasteiger partial charge in [0.15, 0.2) is 11.5 Å². The molecular weight excluding hydrogens is 480 g/mol. The predicted octanol–water partition coefficient (Wildman–Crippen LogP) is 4.22. The van der Waals surface area contributed by atoms with E-state index < -0.39 is 16.9 Å². The largest absolute Gasteiger partial charge is 0.493 e. The van der Waals surface area contributed by atoms with Gasteiger partial charge in [0.05, 0.1) is 37.9 Å². The first-order valence-electron chi connectivity index (χ1n) is 11.5. The number of carbonyl (C=O) groups excluding carboxylic acids is 2. The number of methoxy groups -OCH3 is 3. The molecule has 0 N–H and O–H groups in total. The number of amides is 1. The van der Waals surface area contributed by atoms with Crippen LogP contribution in [-0.4, -0.2) is 56.2 Å². The van der Waals surface area contributed by atoms with E-state index >= 15 is 0 Å². The highest BCUT2D eigenvalue weighted by Crippen LogP contribution is 2.39. The van der Waals surface area contributed by atoms with Gasteiger partial charge in [0.1, 0.15) is 12.4 Å². The van der Waals surface area contributed by atoms with E-state index in [1.54, 1.807) is 42.3 Å². The van der Waals surface area contributed by atoms with Crippen LogP contribution in [0.2, 0.25) is 0 Å². The Kier molecular flexibility index (Phi) is 7.57. The van der Waals surface area contributed by atoms with Gasteiger partial charge < -0.3 is 23.8 Å². The third kappa shape index (κ3) is 5.32. The van der Waals surface area contributed by atoms with Gasteiger partial charge in [-0.1, -0.05) is 6.07 Å². The molecule has 1 unspecified atom stereocenters. The lowest BCUT2D eigenvalue weighted by Crippen LogP contribution is -2.42. The van der Waals surface area contributed by atoms with Gasteiger partial charge in [-0.05, 0) is 60.0 Å². The summed E-state index contributed by atoms with van der Waals surface area (Å²) in [6, 6.07) is 15.4. The van der Waals surface area contributed by atoms with E-state index in [9.17, 15) is 19.7 Å². The van der Waals surface area contributed by atoms with Gasteiger partial charge in [0, 0.05) is 24.2 Å². The maximum Gasteiger partial charge on any atom is 0.337 e. The lowest BCUT2D eigenvalue weighted by Gasteiger charge is -2.37. The van der Waals surface area contributed by atoms with Crippen molar-refractivity contribution in [1.29, 1.82) is 0 Å². The fourth-order valence-corrected chi connectivity index (χ4v) is 4.35. The van der Waals surface area contributed by atoms with Crippen LogP contribution >= 0.6 is 0 Å². The minimum Gasteiger partial charge on any atom is -0.493 e. The molecule has 10 nitrogen and oxygen atoms in total. The Morgan fingerprint density at radius 3 is 2.32 bits per heavy atom. The number of rotatable bonds is 8. The van der Waals surface area contributed by atoms with Crippen LogP contribution in [0.4, 0.5) is 5.69 Å². The van der Waals surface area contributed by atoms with Crippen LogP contribution in [-0.2, 0) is 11.2 Å². The Morgan fingerprint density at radius 1 is 0.973 bits per heavy atom. The number of nitrogens with zero attached hydrogens (tertiary/aromatic N) is 2. The molecule has 0 spiro atoms. The highest BCUT2D eigenvalue weighted by atomic mass is 16.6. The average molecular weight is 507 g/mol. The molecule has 3 aromatic carbocycles. The minimum absolute atomic E-state index is 0.0979. The molecule has 0 saturated heterocycles. The second kappa shape index (κ2) is 11.0. The molecule has 3 aromatic rings. The number of nitro groups is 1. The molecule has 0 radical (unpaired) electrons. The van der Waals surface area contributed by atoms with Crippen molar-refractivity contribution in [2.75, 3.05) is 34.5 Å². The molecular formula is C27H26N2O8. The number of benzene rings is 3. The number of fused-ring (bicyclic) bond motifs is 1. The van der Waals surface area contributed by atoms with Gasteiger partial charge in [-0.15, -0.1) is 0 Å². The molecule has 0 bridgehead atoms. The number of nitro benzene ring substituents is 1. The monoisotopic (exact) mass is 506 g/mol. The summed E-state index contributed by atoms with van der Waals surface area (Å²) in [4.78, 5) is 37.7. The maximum atomic E-state index is 13.6. The van der Waals surface area contributed by atoms with E-state index in [2.05, 4.69) is 0 Å². The number of hydrogen-bond donors (Lipinski definition) is 0.